The van der Waals surface area contributed by atoms with E-state index in [4.69, 9.17) is 25.8 Å². The van der Waals surface area contributed by atoms with Crippen molar-refractivity contribution < 1.29 is 14.2 Å². The van der Waals surface area contributed by atoms with Crippen LogP contribution in [-0.4, -0.2) is 26.3 Å². The summed E-state index contributed by atoms with van der Waals surface area (Å²) >= 11 is 6.35. The summed E-state index contributed by atoms with van der Waals surface area (Å²) < 4.78 is 16.1. The fourth-order valence-corrected chi connectivity index (χ4v) is 2.89. The molecular weight excluding hydrogens is 338 g/mol. The third-order valence-electron chi connectivity index (χ3n) is 3.82. The Balaban J connectivity index is 1.99. The van der Waals surface area contributed by atoms with E-state index >= 15 is 0 Å². The molecule has 0 saturated carbocycles. The van der Waals surface area contributed by atoms with Gasteiger partial charge in [0.2, 0.25) is 5.75 Å². The van der Waals surface area contributed by atoms with Gasteiger partial charge in [-0.05, 0) is 35.9 Å². The minimum Gasteiger partial charge on any atom is -0.493 e. The number of ether oxygens (including phenoxy) is 3. The van der Waals surface area contributed by atoms with Gasteiger partial charge in [0.15, 0.2) is 11.5 Å². The van der Waals surface area contributed by atoms with E-state index in [-0.39, 0.29) is 0 Å². The summed E-state index contributed by atoms with van der Waals surface area (Å²) in [6.45, 7) is 0. The van der Waals surface area contributed by atoms with Crippen LogP contribution in [0, 0.1) is 0 Å². The van der Waals surface area contributed by atoms with Crippen molar-refractivity contribution in [1.82, 2.24) is 4.98 Å². The maximum absolute atomic E-state index is 6.35. The molecule has 0 N–H and O–H groups in total. The molecule has 0 atom stereocenters. The number of aromatic nitrogens is 1. The molecule has 2 aromatic carbocycles. The lowest BCUT2D eigenvalue weighted by molar-refractivity contribution is 0.324. The second kappa shape index (κ2) is 7.45. The molecule has 0 radical (unpaired) electrons. The molecule has 3 rings (SSSR count). The number of halogens is 1. The molecule has 0 bridgehead atoms. The predicted octanol–water partition coefficient (Wildman–Crippen LogP) is 5.08. The summed E-state index contributed by atoms with van der Waals surface area (Å²) in [6, 6.07) is 13.4. The Morgan fingerprint density at radius 3 is 2.20 bits per heavy atom. The number of fused-ring (bicyclic) bond motifs is 1. The van der Waals surface area contributed by atoms with E-state index in [1.807, 2.05) is 54.6 Å². The van der Waals surface area contributed by atoms with E-state index in [1.54, 1.807) is 21.3 Å². The van der Waals surface area contributed by atoms with E-state index in [0.717, 1.165) is 22.2 Å². The predicted molar refractivity (Wildman–Crippen MR) is 102 cm³/mol. The van der Waals surface area contributed by atoms with Crippen LogP contribution in [0.4, 0.5) is 0 Å². The summed E-state index contributed by atoms with van der Waals surface area (Å²) in [5.74, 6) is 1.77. The van der Waals surface area contributed by atoms with E-state index in [1.165, 1.54) is 0 Å². The highest BCUT2D eigenvalue weighted by Crippen LogP contribution is 2.38. The van der Waals surface area contributed by atoms with Gasteiger partial charge in [0.25, 0.3) is 0 Å². The number of para-hydroxylation sites is 1. The first-order chi connectivity index (χ1) is 12.2. The number of methoxy groups -OCH3 is 3. The number of benzene rings is 2. The van der Waals surface area contributed by atoms with Crippen LogP contribution in [0.25, 0.3) is 23.1 Å². The van der Waals surface area contributed by atoms with E-state index in [9.17, 15) is 0 Å². The van der Waals surface area contributed by atoms with Crippen LogP contribution in [0.3, 0.4) is 0 Å². The molecule has 0 amide bonds. The Hall–Kier alpha value is -2.72. The van der Waals surface area contributed by atoms with E-state index in [0.29, 0.717) is 22.3 Å². The molecule has 128 valence electrons. The summed E-state index contributed by atoms with van der Waals surface area (Å²) in [5.41, 5.74) is 2.54. The van der Waals surface area contributed by atoms with Gasteiger partial charge in [-0.3, -0.25) is 0 Å². The fraction of sp³-hybridized carbons (Fsp3) is 0.150. The summed E-state index contributed by atoms with van der Waals surface area (Å²) in [4.78, 5) is 4.61. The first kappa shape index (κ1) is 17.1. The van der Waals surface area contributed by atoms with Crippen molar-refractivity contribution in [3.8, 4) is 17.2 Å². The van der Waals surface area contributed by atoms with Crippen molar-refractivity contribution >= 4 is 34.7 Å². The average molecular weight is 356 g/mol. The van der Waals surface area contributed by atoms with Gasteiger partial charge in [-0.25, -0.2) is 4.98 Å². The van der Waals surface area contributed by atoms with Gasteiger partial charge in [-0.15, -0.1) is 0 Å². The monoisotopic (exact) mass is 355 g/mol. The first-order valence-corrected chi connectivity index (χ1v) is 8.07. The third-order valence-corrected chi connectivity index (χ3v) is 4.13. The molecule has 3 aromatic rings. The Bertz CT molecular complexity index is 912. The first-order valence-electron chi connectivity index (χ1n) is 7.69. The molecule has 0 unspecified atom stereocenters. The maximum Gasteiger partial charge on any atom is 0.203 e. The van der Waals surface area contributed by atoms with Crippen LogP contribution >= 0.6 is 11.6 Å². The Morgan fingerprint density at radius 1 is 0.880 bits per heavy atom. The smallest absolute Gasteiger partial charge is 0.203 e. The second-order valence-electron chi connectivity index (χ2n) is 5.34. The van der Waals surface area contributed by atoms with Crippen molar-refractivity contribution in [2.24, 2.45) is 0 Å². The van der Waals surface area contributed by atoms with E-state index in [2.05, 4.69) is 4.98 Å². The molecule has 0 saturated heterocycles. The molecule has 0 aliphatic rings. The van der Waals surface area contributed by atoms with Crippen LogP contribution < -0.4 is 14.2 Å². The van der Waals surface area contributed by atoms with Gasteiger partial charge in [0, 0.05) is 5.39 Å². The number of pyridine rings is 1. The van der Waals surface area contributed by atoms with Gasteiger partial charge in [-0.1, -0.05) is 35.9 Å². The van der Waals surface area contributed by atoms with Crippen LogP contribution in [0.2, 0.25) is 5.02 Å². The molecule has 0 fully saturated rings. The zero-order chi connectivity index (χ0) is 17.8. The lowest BCUT2D eigenvalue weighted by atomic mass is 10.1. The van der Waals surface area contributed by atoms with Crippen LogP contribution in [0.5, 0.6) is 17.2 Å². The zero-order valence-electron chi connectivity index (χ0n) is 14.2. The van der Waals surface area contributed by atoms with Gasteiger partial charge in [0.05, 0.1) is 37.6 Å². The lowest BCUT2D eigenvalue weighted by Crippen LogP contribution is -1.95. The highest BCUT2D eigenvalue weighted by Gasteiger charge is 2.12. The molecule has 0 aliphatic heterocycles. The zero-order valence-corrected chi connectivity index (χ0v) is 15.0. The topological polar surface area (TPSA) is 40.6 Å². The SMILES string of the molecule is COc1cc(/C=C/c2cc(Cl)c3ccccc3n2)cc(OC)c1OC. The molecule has 1 aromatic heterocycles. The van der Waals surface area contributed by atoms with Gasteiger partial charge >= 0.3 is 0 Å². The van der Waals surface area contributed by atoms with Crippen molar-refractivity contribution in [1.29, 1.82) is 0 Å². The number of rotatable bonds is 5. The summed E-state index contributed by atoms with van der Waals surface area (Å²) in [5, 5.41) is 1.62. The standard InChI is InChI=1S/C20H18ClNO3/c1-23-18-10-13(11-19(24-2)20(18)25-3)8-9-14-12-16(21)15-6-4-5-7-17(15)22-14/h4-12H,1-3H3/b9-8+. The van der Waals surface area contributed by atoms with Gasteiger partial charge in [-0.2, -0.15) is 0 Å². The molecule has 0 aliphatic carbocycles. The lowest BCUT2D eigenvalue weighted by Gasteiger charge is -2.12. The molecule has 4 nitrogen and oxygen atoms in total. The molecule has 1 heterocycles. The minimum atomic E-state index is 0.564. The van der Waals surface area contributed by atoms with Crippen molar-refractivity contribution in [3.05, 3.63) is 58.7 Å². The van der Waals surface area contributed by atoms with Crippen LogP contribution in [-0.2, 0) is 0 Å². The number of hydrogen-bond donors (Lipinski definition) is 0. The van der Waals surface area contributed by atoms with Crippen molar-refractivity contribution in [2.45, 2.75) is 0 Å². The Morgan fingerprint density at radius 2 is 1.56 bits per heavy atom. The van der Waals surface area contributed by atoms with Gasteiger partial charge < -0.3 is 14.2 Å². The molecule has 0 spiro atoms. The third kappa shape index (κ3) is 3.54. The fourth-order valence-electron chi connectivity index (χ4n) is 2.62. The van der Waals surface area contributed by atoms with Gasteiger partial charge in [0.1, 0.15) is 0 Å². The summed E-state index contributed by atoms with van der Waals surface area (Å²) in [6.07, 6.45) is 3.83. The molecule has 25 heavy (non-hydrogen) atoms. The maximum atomic E-state index is 6.35. The van der Waals surface area contributed by atoms with E-state index < -0.39 is 0 Å². The normalized spacial score (nSPS) is 11.0. The molecule has 5 heteroatoms. The highest BCUT2D eigenvalue weighted by molar-refractivity contribution is 6.35. The van der Waals surface area contributed by atoms with Crippen LogP contribution in [0.15, 0.2) is 42.5 Å². The largest absolute Gasteiger partial charge is 0.493 e. The number of hydrogen-bond acceptors (Lipinski definition) is 4. The van der Waals surface area contributed by atoms with Crippen LogP contribution in [0.1, 0.15) is 11.3 Å². The van der Waals surface area contributed by atoms with Crippen molar-refractivity contribution in [3.63, 3.8) is 0 Å². The summed E-state index contributed by atoms with van der Waals surface area (Å²) in [7, 11) is 4.77. The quantitative estimate of drug-likeness (QED) is 0.639. The number of nitrogens with zero attached hydrogens (tertiary/aromatic N) is 1. The molecular formula is C20H18ClNO3. The second-order valence-corrected chi connectivity index (χ2v) is 5.75. The Kier molecular flexibility index (Phi) is 5.10. The van der Waals surface area contributed by atoms with Crippen molar-refractivity contribution in [2.75, 3.05) is 21.3 Å². The highest BCUT2D eigenvalue weighted by atomic mass is 35.5. The minimum absolute atomic E-state index is 0.564. The Labute approximate surface area is 151 Å². The average Bonchev–Trinajstić information content (AvgIpc) is 2.65.